The number of likely N-dealkylation sites (tertiary alicyclic amines) is 1. The third-order valence-electron chi connectivity index (χ3n) is 2.86. The second-order valence-electron chi connectivity index (χ2n) is 4.42. The maximum absolute atomic E-state index is 12.9. The summed E-state index contributed by atoms with van der Waals surface area (Å²) in [4.78, 5) is 13.6. The molecule has 2 rings (SSSR count). The van der Waals surface area contributed by atoms with Crippen LogP contribution in [-0.4, -0.2) is 42.2 Å². The fraction of sp³-hybridized carbons (Fsp3) is 0.417. The highest BCUT2D eigenvalue weighted by atomic mass is 35.5. The minimum absolute atomic E-state index is 0.0166. The van der Waals surface area contributed by atoms with Gasteiger partial charge in [-0.2, -0.15) is 0 Å². The first-order chi connectivity index (χ1) is 8.58. The van der Waals surface area contributed by atoms with Crippen LogP contribution in [0.5, 0.6) is 0 Å². The highest BCUT2D eigenvalue weighted by Gasteiger charge is 2.27. The molecule has 2 N–H and O–H groups in total. The first kappa shape index (κ1) is 13.3. The molecule has 1 aromatic carbocycles. The van der Waals surface area contributed by atoms with E-state index in [1.807, 2.05) is 4.90 Å². The van der Waals surface area contributed by atoms with Gasteiger partial charge in [0.2, 0.25) is 5.91 Å². The molecule has 1 fully saturated rings. The van der Waals surface area contributed by atoms with Crippen LogP contribution in [0.25, 0.3) is 0 Å². The molecule has 1 aliphatic rings. The first-order valence-corrected chi connectivity index (χ1v) is 6.04. The van der Waals surface area contributed by atoms with Gasteiger partial charge in [0.15, 0.2) is 0 Å². The van der Waals surface area contributed by atoms with Gasteiger partial charge in [-0.3, -0.25) is 9.69 Å². The third kappa shape index (κ3) is 3.19. The van der Waals surface area contributed by atoms with E-state index in [4.69, 9.17) is 16.7 Å². The van der Waals surface area contributed by atoms with E-state index in [9.17, 15) is 9.18 Å². The van der Waals surface area contributed by atoms with Crippen LogP contribution < -0.4 is 5.32 Å². The van der Waals surface area contributed by atoms with Crippen molar-refractivity contribution in [3.8, 4) is 0 Å². The number of aliphatic hydroxyl groups is 1. The topological polar surface area (TPSA) is 52.6 Å². The Kier molecular flexibility index (Phi) is 4.16. The molecule has 0 bridgehead atoms. The standard InChI is InChI=1S/C12H14ClFN2O2/c13-10-3-9(1-2-11(10)14)15-12(18)6-16-4-8(5-16)7-17/h1-3,8,17H,4-7H2,(H,15,18). The van der Waals surface area contributed by atoms with E-state index in [0.717, 1.165) is 13.1 Å². The second kappa shape index (κ2) is 5.65. The van der Waals surface area contributed by atoms with Crippen molar-refractivity contribution >= 4 is 23.2 Å². The minimum Gasteiger partial charge on any atom is -0.396 e. The van der Waals surface area contributed by atoms with Crippen molar-refractivity contribution in [2.24, 2.45) is 5.92 Å². The van der Waals surface area contributed by atoms with Crippen molar-refractivity contribution < 1.29 is 14.3 Å². The Morgan fingerprint density at radius 1 is 1.56 bits per heavy atom. The summed E-state index contributed by atoms with van der Waals surface area (Å²) in [6.07, 6.45) is 0. The van der Waals surface area contributed by atoms with Crippen molar-refractivity contribution in [3.63, 3.8) is 0 Å². The van der Waals surface area contributed by atoms with Gasteiger partial charge in [-0.05, 0) is 18.2 Å². The van der Waals surface area contributed by atoms with Crippen LogP contribution in [0.2, 0.25) is 5.02 Å². The summed E-state index contributed by atoms with van der Waals surface area (Å²) in [6, 6.07) is 4.05. The van der Waals surface area contributed by atoms with Crippen molar-refractivity contribution in [3.05, 3.63) is 29.0 Å². The molecule has 0 atom stereocenters. The Morgan fingerprint density at radius 2 is 2.28 bits per heavy atom. The number of nitrogens with one attached hydrogen (secondary N) is 1. The molecule has 1 amide bonds. The average molecular weight is 273 g/mol. The lowest BCUT2D eigenvalue weighted by Gasteiger charge is -2.37. The number of anilines is 1. The molecule has 1 aromatic rings. The van der Waals surface area contributed by atoms with E-state index in [0.29, 0.717) is 5.69 Å². The van der Waals surface area contributed by atoms with E-state index >= 15 is 0 Å². The Hall–Kier alpha value is -1.17. The van der Waals surface area contributed by atoms with Crippen molar-refractivity contribution in [1.82, 2.24) is 4.90 Å². The molecule has 1 aliphatic heterocycles. The summed E-state index contributed by atoms with van der Waals surface area (Å²) < 4.78 is 12.9. The molecule has 0 radical (unpaired) electrons. The van der Waals surface area contributed by atoms with E-state index in [1.165, 1.54) is 18.2 Å². The lowest BCUT2D eigenvalue weighted by atomic mass is 10.0. The average Bonchev–Trinajstić information content (AvgIpc) is 2.28. The van der Waals surface area contributed by atoms with Crippen LogP contribution in [0.4, 0.5) is 10.1 Å². The monoisotopic (exact) mass is 272 g/mol. The molecule has 1 saturated heterocycles. The summed E-state index contributed by atoms with van der Waals surface area (Å²) in [5, 5.41) is 11.5. The van der Waals surface area contributed by atoms with Gasteiger partial charge in [-0.15, -0.1) is 0 Å². The zero-order valence-corrected chi connectivity index (χ0v) is 10.5. The summed E-state index contributed by atoms with van der Waals surface area (Å²) in [6.45, 7) is 1.89. The number of carbonyl (C=O) groups is 1. The van der Waals surface area contributed by atoms with E-state index in [-0.39, 0.29) is 30.0 Å². The smallest absolute Gasteiger partial charge is 0.238 e. The van der Waals surface area contributed by atoms with Gasteiger partial charge in [0.25, 0.3) is 0 Å². The number of hydrogen-bond acceptors (Lipinski definition) is 3. The van der Waals surface area contributed by atoms with E-state index in [1.54, 1.807) is 0 Å². The zero-order chi connectivity index (χ0) is 13.1. The molecule has 0 aliphatic carbocycles. The quantitative estimate of drug-likeness (QED) is 0.870. The zero-order valence-electron chi connectivity index (χ0n) is 9.70. The predicted molar refractivity (Wildman–Crippen MR) is 67.1 cm³/mol. The van der Waals surface area contributed by atoms with Gasteiger partial charge in [0.1, 0.15) is 5.82 Å². The molecular formula is C12H14ClFN2O2. The fourth-order valence-electron chi connectivity index (χ4n) is 1.90. The van der Waals surface area contributed by atoms with Crippen molar-refractivity contribution in [2.75, 3.05) is 31.6 Å². The highest BCUT2D eigenvalue weighted by molar-refractivity contribution is 6.31. The van der Waals surface area contributed by atoms with Crippen LogP contribution in [0, 0.1) is 11.7 Å². The summed E-state index contributed by atoms with van der Waals surface area (Å²) >= 11 is 5.61. The molecule has 18 heavy (non-hydrogen) atoms. The number of carbonyl (C=O) groups excluding carboxylic acids is 1. The maximum Gasteiger partial charge on any atom is 0.238 e. The van der Waals surface area contributed by atoms with Gasteiger partial charge in [0, 0.05) is 31.3 Å². The summed E-state index contributed by atoms with van der Waals surface area (Å²) in [5.74, 6) is -0.407. The first-order valence-electron chi connectivity index (χ1n) is 5.66. The lowest BCUT2D eigenvalue weighted by molar-refractivity contribution is -0.119. The van der Waals surface area contributed by atoms with Gasteiger partial charge < -0.3 is 10.4 Å². The molecule has 0 saturated carbocycles. The van der Waals surface area contributed by atoms with Gasteiger partial charge >= 0.3 is 0 Å². The molecular weight excluding hydrogens is 259 g/mol. The highest BCUT2D eigenvalue weighted by Crippen LogP contribution is 2.19. The van der Waals surface area contributed by atoms with Crippen LogP contribution in [0.15, 0.2) is 18.2 Å². The van der Waals surface area contributed by atoms with E-state index < -0.39 is 5.82 Å². The fourth-order valence-corrected chi connectivity index (χ4v) is 2.08. The van der Waals surface area contributed by atoms with Crippen molar-refractivity contribution in [2.45, 2.75) is 0 Å². The summed E-state index contributed by atoms with van der Waals surface area (Å²) in [5.41, 5.74) is 0.477. The molecule has 6 heteroatoms. The molecule has 98 valence electrons. The molecule has 0 aromatic heterocycles. The Labute approximate surface area is 109 Å². The second-order valence-corrected chi connectivity index (χ2v) is 4.83. The number of nitrogens with zero attached hydrogens (tertiary/aromatic N) is 1. The number of benzene rings is 1. The Morgan fingerprint density at radius 3 is 2.89 bits per heavy atom. The maximum atomic E-state index is 12.9. The normalized spacial score (nSPS) is 16.4. The minimum atomic E-state index is -0.511. The molecule has 0 spiro atoms. The third-order valence-corrected chi connectivity index (χ3v) is 3.15. The number of amides is 1. The number of rotatable bonds is 4. The number of halogens is 2. The molecule has 0 unspecified atom stereocenters. The van der Waals surface area contributed by atoms with Crippen LogP contribution in [-0.2, 0) is 4.79 Å². The van der Waals surface area contributed by atoms with Crippen LogP contribution >= 0.6 is 11.6 Å². The summed E-state index contributed by atoms with van der Waals surface area (Å²) in [7, 11) is 0. The SMILES string of the molecule is O=C(CN1CC(CO)C1)Nc1ccc(F)c(Cl)c1. The number of aliphatic hydroxyl groups excluding tert-OH is 1. The lowest BCUT2D eigenvalue weighted by Crippen LogP contribution is -2.51. The predicted octanol–water partition coefficient (Wildman–Crippen LogP) is 1.34. The van der Waals surface area contributed by atoms with Gasteiger partial charge in [-0.25, -0.2) is 4.39 Å². The Bertz CT molecular complexity index is 450. The van der Waals surface area contributed by atoms with E-state index in [2.05, 4.69) is 5.32 Å². The van der Waals surface area contributed by atoms with Crippen molar-refractivity contribution in [1.29, 1.82) is 0 Å². The van der Waals surface area contributed by atoms with Crippen LogP contribution in [0.3, 0.4) is 0 Å². The van der Waals surface area contributed by atoms with Gasteiger partial charge in [0.05, 0.1) is 11.6 Å². The van der Waals surface area contributed by atoms with Crippen LogP contribution in [0.1, 0.15) is 0 Å². The Balaban J connectivity index is 1.82. The molecule has 4 nitrogen and oxygen atoms in total. The van der Waals surface area contributed by atoms with Gasteiger partial charge in [-0.1, -0.05) is 11.6 Å². The molecule has 1 heterocycles. The largest absolute Gasteiger partial charge is 0.396 e. The number of hydrogen-bond donors (Lipinski definition) is 2.